The molecule has 0 radical (unpaired) electrons. The number of allylic oxidation sites excluding steroid dienone is 22. The van der Waals surface area contributed by atoms with Gasteiger partial charge in [0, 0.05) is 19.4 Å². The molecule has 0 heterocycles. The van der Waals surface area contributed by atoms with Crippen LogP contribution in [0.3, 0.4) is 0 Å². The van der Waals surface area contributed by atoms with Crippen LogP contribution in [0, 0.1) is 0 Å². The minimum absolute atomic E-state index is 0.0450. The number of phosphoric acid groups is 1. The second kappa shape index (κ2) is 72.2. The van der Waals surface area contributed by atoms with Crippen molar-refractivity contribution in [3.8, 4) is 0 Å². The predicted octanol–water partition coefficient (Wildman–Crippen LogP) is 24.0. The number of unbranched alkanes of at least 4 members (excludes halogenated alkanes) is 32. The normalized spacial score (nSPS) is 13.7. The summed E-state index contributed by atoms with van der Waals surface area (Å²) in [6.45, 7) is 3.64. The molecule has 0 aliphatic heterocycles. The van der Waals surface area contributed by atoms with E-state index in [1.807, 2.05) is 0 Å². The van der Waals surface area contributed by atoms with Gasteiger partial charge in [-0.1, -0.05) is 340 Å². The van der Waals surface area contributed by atoms with Crippen molar-refractivity contribution in [3.63, 3.8) is 0 Å². The summed E-state index contributed by atoms with van der Waals surface area (Å²) in [5, 5.41) is 0. The van der Waals surface area contributed by atoms with Crippen molar-refractivity contribution in [2.45, 2.75) is 322 Å². The third-order valence-electron chi connectivity index (χ3n) is 15.3. The summed E-state index contributed by atoms with van der Waals surface area (Å²) in [4.78, 5) is 35.4. The van der Waals surface area contributed by atoms with Crippen LogP contribution < -0.4 is 5.73 Å². The van der Waals surface area contributed by atoms with Gasteiger partial charge in [0.1, 0.15) is 6.61 Å². The Labute approximate surface area is 542 Å². The number of esters is 2. The lowest BCUT2D eigenvalue weighted by Gasteiger charge is -2.19. The van der Waals surface area contributed by atoms with Crippen LogP contribution in [0.2, 0.25) is 0 Å². The largest absolute Gasteiger partial charge is 0.472 e. The van der Waals surface area contributed by atoms with Crippen molar-refractivity contribution in [2.24, 2.45) is 5.73 Å². The Balaban J connectivity index is 3.97. The highest BCUT2D eigenvalue weighted by Crippen LogP contribution is 2.43. The molecular formula is C78H134NO8P. The molecule has 0 aliphatic carbocycles. The standard InChI is InChI=1S/C78H134NO8P/c1-3-5-7-9-11-13-15-17-19-21-23-25-27-29-31-33-34-35-36-37-38-39-40-41-42-43-45-47-49-51-53-55-57-59-61-63-65-67-69-71-78(81)87-76(75-86-88(82,83)85-73-72-79)74-84-77(80)70-68-66-64-62-60-58-56-54-52-50-48-46-44-32-30-28-26-24-22-20-18-16-14-12-10-8-6-4-2/h5,7,11,13,17,19,23,25,29,31,34-35,37-38,40-41,43,45,49,51,55,57,76H,3-4,6,8-10,12,14-16,18,20-22,24,26-28,30,32-33,36,39,42,44,46-48,50,52-54,56,58-75,79H2,1-2H3,(H,82,83)/b7-5-,13-11-,19-17-,25-23-,31-29-,35-34-,38-37-,41-40-,45-43-,51-49-,57-55-. The zero-order valence-electron chi connectivity index (χ0n) is 56.7. The van der Waals surface area contributed by atoms with Gasteiger partial charge in [0.15, 0.2) is 6.10 Å². The van der Waals surface area contributed by atoms with Crippen molar-refractivity contribution >= 4 is 19.8 Å². The van der Waals surface area contributed by atoms with Crippen molar-refractivity contribution < 1.29 is 37.6 Å². The lowest BCUT2D eigenvalue weighted by Crippen LogP contribution is -2.29. The first kappa shape index (κ1) is 84.2. The molecule has 0 aliphatic rings. The van der Waals surface area contributed by atoms with Crippen LogP contribution in [0.5, 0.6) is 0 Å². The first-order valence-corrected chi connectivity index (χ1v) is 37.7. The van der Waals surface area contributed by atoms with Crippen molar-refractivity contribution in [1.82, 2.24) is 0 Å². The Morgan fingerprint density at radius 3 is 0.932 bits per heavy atom. The zero-order valence-corrected chi connectivity index (χ0v) is 57.6. The highest BCUT2D eigenvalue weighted by Gasteiger charge is 2.26. The summed E-state index contributed by atoms with van der Waals surface area (Å²) in [6, 6.07) is 0. The molecule has 3 N–H and O–H groups in total. The van der Waals surface area contributed by atoms with Crippen LogP contribution in [0.4, 0.5) is 0 Å². The maximum atomic E-state index is 12.8. The van der Waals surface area contributed by atoms with E-state index in [4.69, 9.17) is 24.3 Å². The Bertz CT molecular complexity index is 1910. The quantitative estimate of drug-likeness (QED) is 0.0264. The second-order valence-corrected chi connectivity index (χ2v) is 25.2. The molecule has 9 nitrogen and oxygen atoms in total. The van der Waals surface area contributed by atoms with Gasteiger partial charge >= 0.3 is 19.8 Å². The molecule has 0 fully saturated rings. The number of carbonyl (C=O) groups excluding carboxylic acids is 2. The predicted molar refractivity (Wildman–Crippen MR) is 381 cm³/mol. The molecule has 0 aromatic carbocycles. The number of hydrogen-bond donors (Lipinski definition) is 2. The summed E-state index contributed by atoms with van der Waals surface area (Å²) >= 11 is 0. The molecule has 0 saturated carbocycles. The third kappa shape index (κ3) is 71.2. The monoisotopic (exact) mass is 1240 g/mol. The van der Waals surface area contributed by atoms with E-state index in [1.54, 1.807) is 0 Å². The topological polar surface area (TPSA) is 134 Å². The lowest BCUT2D eigenvalue weighted by atomic mass is 10.0. The maximum absolute atomic E-state index is 12.8. The fourth-order valence-corrected chi connectivity index (χ4v) is 10.8. The van der Waals surface area contributed by atoms with Crippen LogP contribution in [-0.2, 0) is 32.7 Å². The van der Waals surface area contributed by atoms with E-state index >= 15 is 0 Å². The molecule has 2 atom stereocenters. The van der Waals surface area contributed by atoms with E-state index in [0.717, 1.165) is 122 Å². The third-order valence-corrected chi connectivity index (χ3v) is 16.3. The number of ether oxygens (including phenoxy) is 2. The maximum Gasteiger partial charge on any atom is 0.472 e. The van der Waals surface area contributed by atoms with Crippen molar-refractivity contribution in [2.75, 3.05) is 26.4 Å². The second-order valence-electron chi connectivity index (χ2n) is 23.7. The highest BCUT2D eigenvalue weighted by atomic mass is 31.2. The van der Waals surface area contributed by atoms with Gasteiger partial charge in [0.2, 0.25) is 0 Å². The smallest absolute Gasteiger partial charge is 0.462 e. The molecule has 0 aromatic rings. The Kier molecular flexibility index (Phi) is 69.1. The number of hydrogen-bond acceptors (Lipinski definition) is 8. The van der Waals surface area contributed by atoms with E-state index in [-0.39, 0.29) is 38.6 Å². The van der Waals surface area contributed by atoms with Crippen LogP contribution >= 0.6 is 7.82 Å². The highest BCUT2D eigenvalue weighted by molar-refractivity contribution is 7.47. The fraction of sp³-hybridized carbons (Fsp3) is 0.692. The van der Waals surface area contributed by atoms with E-state index in [1.165, 1.54) is 161 Å². The SMILES string of the molecule is CC/C=C\C/C=C\C/C=C\C/C=C\C/C=C\C/C=C\C/C=C\C/C=C\C/C=C\C/C=C\C/C=C\CCCCCCCC(=O)OC(COC(=O)CCCCCCCCCCCCCCCCCCCCCCCCCCCCCC)COP(=O)(O)OCCN. The van der Waals surface area contributed by atoms with Gasteiger partial charge in [0.25, 0.3) is 0 Å². The van der Waals surface area contributed by atoms with Gasteiger partial charge < -0.3 is 20.1 Å². The molecule has 0 amide bonds. The van der Waals surface area contributed by atoms with Gasteiger partial charge in [-0.2, -0.15) is 0 Å². The van der Waals surface area contributed by atoms with Gasteiger partial charge in [-0.25, -0.2) is 4.57 Å². The van der Waals surface area contributed by atoms with Crippen LogP contribution in [0.25, 0.3) is 0 Å². The van der Waals surface area contributed by atoms with Crippen LogP contribution in [0.1, 0.15) is 316 Å². The molecule has 0 bridgehead atoms. The summed E-state index contributed by atoms with van der Waals surface area (Å²) < 4.78 is 33.2. The fourth-order valence-electron chi connectivity index (χ4n) is 10.00. The van der Waals surface area contributed by atoms with E-state index in [9.17, 15) is 19.0 Å². The molecular weight excluding hydrogens is 1110 g/mol. The average Bonchev–Trinajstić information content (AvgIpc) is 3.71. The van der Waals surface area contributed by atoms with Gasteiger partial charge in [-0.05, 0) is 96.3 Å². The number of nitrogens with two attached hydrogens (primary N) is 1. The minimum atomic E-state index is -4.41. The van der Waals surface area contributed by atoms with Gasteiger partial charge in [0.05, 0.1) is 13.2 Å². The average molecular weight is 1240 g/mol. The van der Waals surface area contributed by atoms with Crippen LogP contribution in [-0.4, -0.2) is 49.3 Å². The first-order valence-electron chi connectivity index (χ1n) is 36.2. The molecule has 2 unspecified atom stereocenters. The van der Waals surface area contributed by atoms with Gasteiger partial charge in [-0.3, -0.25) is 18.6 Å². The Morgan fingerprint density at radius 2 is 0.625 bits per heavy atom. The van der Waals surface area contributed by atoms with Gasteiger partial charge in [-0.15, -0.1) is 0 Å². The summed E-state index contributed by atoms with van der Waals surface area (Å²) in [5.74, 6) is -0.846. The molecule has 0 rings (SSSR count). The number of rotatable bonds is 67. The van der Waals surface area contributed by atoms with Crippen molar-refractivity contribution in [3.05, 3.63) is 134 Å². The number of carbonyl (C=O) groups is 2. The molecule has 10 heteroatoms. The van der Waals surface area contributed by atoms with E-state index in [2.05, 4.69) is 148 Å². The minimum Gasteiger partial charge on any atom is -0.462 e. The zero-order chi connectivity index (χ0) is 63.7. The Hall–Kier alpha value is -3.85. The molecule has 88 heavy (non-hydrogen) atoms. The van der Waals surface area contributed by atoms with Crippen molar-refractivity contribution in [1.29, 1.82) is 0 Å². The lowest BCUT2D eigenvalue weighted by molar-refractivity contribution is -0.161. The molecule has 0 aromatic heterocycles. The van der Waals surface area contributed by atoms with Crippen LogP contribution in [0.15, 0.2) is 134 Å². The molecule has 504 valence electrons. The number of phosphoric ester groups is 1. The van der Waals surface area contributed by atoms with E-state index in [0.29, 0.717) is 6.42 Å². The first-order chi connectivity index (χ1) is 43.3. The van der Waals surface area contributed by atoms with E-state index < -0.39 is 26.5 Å². The molecule has 0 spiro atoms. The Morgan fingerprint density at radius 1 is 0.352 bits per heavy atom. The molecule has 0 saturated heterocycles. The summed E-state index contributed by atoms with van der Waals surface area (Å²) in [7, 11) is -4.41. The summed E-state index contributed by atoms with van der Waals surface area (Å²) in [6.07, 6.45) is 103. The summed E-state index contributed by atoms with van der Waals surface area (Å²) in [5.41, 5.74) is 5.40.